The summed E-state index contributed by atoms with van der Waals surface area (Å²) in [5.41, 5.74) is 0.775. The molecule has 26 heavy (non-hydrogen) atoms. The highest BCUT2D eigenvalue weighted by Gasteiger charge is 2.13. The number of ether oxygens (including phenoxy) is 2. The van der Waals surface area contributed by atoms with Crippen LogP contribution < -0.4 is 9.47 Å². The van der Waals surface area contributed by atoms with E-state index in [1.807, 2.05) is 0 Å². The van der Waals surface area contributed by atoms with Crippen LogP contribution in [-0.2, 0) is 13.2 Å². The maximum Gasteiger partial charge on any atom is 0.387 e. The summed E-state index contributed by atoms with van der Waals surface area (Å²) in [4.78, 5) is 8.20. The SMILES string of the molecule is OCc1ccn(-c2ncc(OCc3c(Cl)cccc3OC(F)F)cn2)n1. The Morgan fingerprint density at radius 1 is 1.19 bits per heavy atom. The van der Waals surface area contributed by atoms with Crippen LogP contribution in [0.4, 0.5) is 8.78 Å². The highest BCUT2D eigenvalue weighted by atomic mass is 35.5. The smallest absolute Gasteiger partial charge is 0.387 e. The summed E-state index contributed by atoms with van der Waals surface area (Å²) in [6.07, 6.45) is 4.43. The Morgan fingerprint density at radius 3 is 2.62 bits per heavy atom. The van der Waals surface area contributed by atoms with E-state index in [4.69, 9.17) is 21.4 Å². The summed E-state index contributed by atoms with van der Waals surface area (Å²) in [5, 5.41) is 13.3. The number of aliphatic hydroxyl groups excluding tert-OH is 1. The first-order valence-corrected chi connectivity index (χ1v) is 7.77. The van der Waals surface area contributed by atoms with E-state index in [0.29, 0.717) is 17.0 Å². The molecule has 0 spiro atoms. The van der Waals surface area contributed by atoms with Gasteiger partial charge in [0.2, 0.25) is 0 Å². The van der Waals surface area contributed by atoms with E-state index in [1.54, 1.807) is 18.3 Å². The Hall–Kier alpha value is -2.78. The molecule has 0 amide bonds. The van der Waals surface area contributed by atoms with Gasteiger partial charge >= 0.3 is 6.61 Å². The Bertz CT molecular complexity index is 874. The lowest BCUT2D eigenvalue weighted by Gasteiger charge is -2.13. The molecule has 10 heteroatoms. The molecule has 3 rings (SSSR count). The van der Waals surface area contributed by atoms with E-state index in [-0.39, 0.29) is 29.9 Å². The minimum atomic E-state index is -2.97. The number of aromatic nitrogens is 4. The number of halogens is 3. The molecule has 0 bridgehead atoms. The van der Waals surface area contributed by atoms with Crippen LogP contribution in [0.1, 0.15) is 11.3 Å². The summed E-state index contributed by atoms with van der Waals surface area (Å²) in [6.45, 7) is -3.25. The van der Waals surface area contributed by atoms with E-state index >= 15 is 0 Å². The average Bonchev–Trinajstić information content (AvgIpc) is 3.10. The monoisotopic (exact) mass is 382 g/mol. The summed E-state index contributed by atoms with van der Waals surface area (Å²) < 4.78 is 36.3. The third-order valence-corrected chi connectivity index (χ3v) is 3.65. The standard InChI is InChI=1S/C16H13ClF2N4O3/c17-13-2-1-3-14(26-15(18)19)12(13)9-25-11-6-20-16(21-7-11)23-5-4-10(8-24)22-23/h1-7,15,24H,8-9H2. The molecule has 3 aromatic rings. The first kappa shape index (κ1) is 18.0. The molecule has 0 aliphatic heterocycles. The number of nitrogens with zero attached hydrogens (tertiary/aromatic N) is 4. The predicted molar refractivity (Wildman–Crippen MR) is 87.5 cm³/mol. The van der Waals surface area contributed by atoms with Crippen LogP contribution in [0, 0.1) is 0 Å². The normalized spacial score (nSPS) is 11.0. The number of aliphatic hydroxyl groups is 1. The number of hydrogen-bond acceptors (Lipinski definition) is 6. The van der Waals surface area contributed by atoms with Crippen LogP contribution in [0.25, 0.3) is 5.95 Å². The van der Waals surface area contributed by atoms with Gasteiger partial charge in [-0.15, -0.1) is 0 Å². The minimum Gasteiger partial charge on any atom is -0.485 e. The predicted octanol–water partition coefficient (Wildman–Crippen LogP) is 2.99. The van der Waals surface area contributed by atoms with Crippen molar-refractivity contribution in [3.63, 3.8) is 0 Å². The fraction of sp³-hybridized carbons (Fsp3) is 0.188. The second-order valence-electron chi connectivity index (χ2n) is 5.01. The Balaban J connectivity index is 1.71. The van der Waals surface area contributed by atoms with Gasteiger partial charge in [-0.25, -0.2) is 14.6 Å². The fourth-order valence-electron chi connectivity index (χ4n) is 2.10. The fourth-order valence-corrected chi connectivity index (χ4v) is 2.32. The van der Waals surface area contributed by atoms with Gasteiger partial charge in [0.05, 0.1) is 35.3 Å². The molecule has 7 nitrogen and oxygen atoms in total. The lowest BCUT2D eigenvalue weighted by molar-refractivity contribution is -0.0508. The lowest BCUT2D eigenvalue weighted by Crippen LogP contribution is -2.07. The number of benzene rings is 1. The second kappa shape index (κ2) is 8.07. The maximum absolute atomic E-state index is 12.5. The molecule has 0 unspecified atom stereocenters. The van der Waals surface area contributed by atoms with E-state index in [9.17, 15) is 8.78 Å². The van der Waals surface area contributed by atoms with Gasteiger partial charge in [-0.3, -0.25) is 0 Å². The highest BCUT2D eigenvalue weighted by molar-refractivity contribution is 6.31. The molecule has 0 aliphatic rings. The van der Waals surface area contributed by atoms with Gasteiger partial charge in [0.15, 0.2) is 5.75 Å². The van der Waals surface area contributed by atoms with Crippen LogP contribution in [-0.4, -0.2) is 31.5 Å². The van der Waals surface area contributed by atoms with Crippen molar-refractivity contribution in [1.29, 1.82) is 0 Å². The van der Waals surface area contributed by atoms with Gasteiger partial charge in [-0.05, 0) is 18.2 Å². The number of hydrogen-bond donors (Lipinski definition) is 1. The maximum atomic E-state index is 12.5. The zero-order valence-electron chi connectivity index (χ0n) is 13.2. The summed E-state index contributed by atoms with van der Waals surface area (Å²) in [5.74, 6) is 0.542. The van der Waals surface area contributed by atoms with Crippen molar-refractivity contribution in [1.82, 2.24) is 19.7 Å². The molecule has 1 aromatic carbocycles. The van der Waals surface area contributed by atoms with Crippen molar-refractivity contribution >= 4 is 11.6 Å². The molecule has 0 saturated carbocycles. The molecule has 2 heterocycles. The Labute approximate surface area is 151 Å². The van der Waals surface area contributed by atoms with E-state index in [1.165, 1.54) is 29.2 Å². The molecule has 2 aromatic heterocycles. The lowest BCUT2D eigenvalue weighted by atomic mass is 10.2. The zero-order chi connectivity index (χ0) is 18.5. The van der Waals surface area contributed by atoms with Gasteiger partial charge in [0.1, 0.15) is 12.4 Å². The van der Waals surface area contributed by atoms with Crippen molar-refractivity contribution in [2.45, 2.75) is 19.8 Å². The molecular formula is C16H13ClF2N4O3. The Morgan fingerprint density at radius 2 is 1.96 bits per heavy atom. The first-order chi connectivity index (χ1) is 12.6. The van der Waals surface area contributed by atoms with Gasteiger partial charge in [0.25, 0.3) is 5.95 Å². The highest BCUT2D eigenvalue weighted by Crippen LogP contribution is 2.29. The number of alkyl halides is 2. The van der Waals surface area contributed by atoms with Gasteiger partial charge < -0.3 is 14.6 Å². The molecule has 1 N–H and O–H groups in total. The van der Waals surface area contributed by atoms with Gasteiger partial charge in [-0.2, -0.15) is 13.9 Å². The first-order valence-electron chi connectivity index (χ1n) is 7.39. The molecule has 0 aliphatic carbocycles. The van der Waals surface area contributed by atoms with Crippen molar-refractivity contribution in [2.75, 3.05) is 0 Å². The third-order valence-electron chi connectivity index (χ3n) is 3.30. The molecule has 0 atom stereocenters. The molecular weight excluding hydrogens is 370 g/mol. The van der Waals surface area contributed by atoms with E-state index in [0.717, 1.165) is 0 Å². The minimum absolute atomic E-state index is 0.0573. The summed E-state index contributed by atoms with van der Waals surface area (Å²) in [6, 6.07) is 6.07. The van der Waals surface area contributed by atoms with Gasteiger partial charge in [-0.1, -0.05) is 17.7 Å². The quantitative estimate of drug-likeness (QED) is 0.676. The van der Waals surface area contributed by atoms with Crippen LogP contribution >= 0.6 is 11.6 Å². The Kier molecular flexibility index (Phi) is 5.59. The van der Waals surface area contributed by atoms with Crippen LogP contribution in [0.5, 0.6) is 11.5 Å². The van der Waals surface area contributed by atoms with Crippen molar-refractivity contribution < 1.29 is 23.4 Å². The van der Waals surface area contributed by atoms with Crippen molar-refractivity contribution in [2.24, 2.45) is 0 Å². The number of rotatable bonds is 7. The largest absolute Gasteiger partial charge is 0.485 e. The molecule has 136 valence electrons. The van der Waals surface area contributed by atoms with Crippen molar-refractivity contribution in [3.05, 3.63) is 59.1 Å². The summed E-state index contributed by atoms with van der Waals surface area (Å²) >= 11 is 6.03. The van der Waals surface area contributed by atoms with Crippen LogP contribution in [0.3, 0.4) is 0 Å². The van der Waals surface area contributed by atoms with Crippen LogP contribution in [0.2, 0.25) is 5.02 Å². The molecule has 0 saturated heterocycles. The van der Waals surface area contributed by atoms with E-state index < -0.39 is 6.61 Å². The zero-order valence-corrected chi connectivity index (χ0v) is 14.0. The second-order valence-corrected chi connectivity index (χ2v) is 5.42. The van der Waals surface area contributed by atoms with Gasteiger partial charge in [0, 0.05) is 6.20 Å². The average molecular weight is 383 g/mol. The third kappa shape index (κ3) is 4.24. The van der Waals surface area contributed by atoms with Crippen molar-refractivity contribution in [3.8, 4) is 17.4 Å². The van der Waals surface area contributed by atoms with Crippen LogP contribution in [0.15, 0.2) is 42.9 Å². The molecule has 0 radical (unpaired) electrons. The van der Waals surface area contributed by atoms with E-state index in [2.05, 4.69) is 19.8 Å². The summed E-state index contributed by atoms with van der Waals surface area (Å²) in [7, 11) is 0. The topological polar surface area (TPSA) is 82.3 Å². The molecule has 0 fully saturated rings.